The van der Waals surface area contributed by atoms with Crippen LogP contribution < -0.4 is 5.32 Å². The van der Waals surface area contributed by atoms with Crippen LogP contribution in [0.2, 0.25) is 0 Å². The Labute approximate surface area is 143 Å². The fraction of sp³-hybridized carbons (Fsp3) is 0.250. The fourth-order valence-corrected chi connectivity index (χ4v) is 2.93. The van der Waals surface area contributed by atoms with E-state index in [1.165, 1.54) is 11.8 Å². The molecule has 0 atom stereocenters. The number of hydrogen-bond acceptors (Lipinski definition) is 6. The number of aromatic nitrogens is 4. The van der Waals surface area contributed by atoms with Crippen molar-refractivity contribution in [2.75, 3.05) is 11.1 Å². The number of anilines is 1. The molecular weight excluding hydrogens is 326 g/mol. The monoisotopic (exact) mass is 343 g/mol. The van der Waals surface area contributed by atoms with Crippen molar-refractivity contribution in [2.24, 2.45) is 0 Å². The van der Waals surface area contributed by atoms with Crippen molar-refractivity contribution in [2.45, 2.75) is 25.5 Å². The maximum Gasteiger partial charge on any atom is 0.237 e. The molecule has 3 rings (SSSR count). The minimum absolute atomic E-state index is 0.178. The van der Waals surface area contributed by atoms with Gasteiger partial charge >= 0.3 is 0 Å². The van der Waals surface area contributed by atoms with E-state index in [4.69, 9.17) is 4.52 Å². The molecule has 0 saturated carbocycles. The molecule has 0 aliphatic rings. The third kappa shape index (κ3) is 4.02. The minimum Gasteiger partial charge on any atom is -0.338 e. The Morgan fingerprint density at radius 3 is 2.75 bits per heavy atom. The van der Waals surface area contributed by atoms with E-state index in [0.717, 1.165) is 17.1 Å². The summed E-state index contributed by atoms with van der Waals surface area (Å²) in [6.45, 7) is 4.37. The number of carbonyl (C=O) groups is 1. The van der Waals surface area contributed by atoms with Crippen molar-refractivity contribution < 1.29 is 9.32 Å². The van der Waals surface area contributed by atoms with Crippen LogP contribution >= 0.6 is 11.8 Å². The summed E-state index contributed by atoms with van der Waals surface area (Å²) in [5, 5.41) is 15.4. The molecule has 0 bridgehead atoms. The van der Waals surface area contributed by atoms with Crippen LogP contribution in [-0.2, 0) is 11.3 Å². The van der Waals surface area contributed by atoms with Crippen molar-refractivity contribution in [3.8, 4) is 0 Å². The first-order chi connectivity index (χ1) is 11.6. The molecule has 8 heteroatoms. The molecule has 0 unspecified atom stereocenters. The zero-order valence-electron chi connectivity index (χ0n) is 13.4. The highest BCUT2D eigenvalue weighted by molar-refractivity contribution is 7.99. The average molecular weight is 343 g/mol. The number of nitrogens with one attached hydrogen (secondary N) is 1. The second kappa shape index (κ2) is 7.31. The Morgan fingerprint density at radius 1 is 1.25 bits per heavy atom. The van der Waals surface area contributed by atoms with Gasteiger partial charge in [-0.05, 0) is 19.4 Å². The number of amides is 1. The zero-order chi connectivity index (χ0) is 16.9. The first-order valence-corrected chi connectivity index (χ1v) is 8.40. The summed E-state index contributed by atoms with van der Waals surface area (Å²) in [7, 11) is 0. The standard InChI is InChI=1S/C16H17N5O2S/c1-11-8-15(23-20-11)17-14(22)10-24-16-19-18-12(2)21(16)9-13-6-4-3-5-7-13/h3-8H,9-10H2,1-2H3,(H,17,22). The second-order valence-electron chi connectivity index (χ2n) is 5.27. The fourth-order valence-electron chi connectivity index (χ4n) is 2.14. The number of aryl methyl sites for hydroxylation is 2. The van der Waals surface area contributed by atoms with Crippen LogP contribution in [0.15, 0.2) is 46.1 Å². The number of nitrogens with zero attached hydrogens (tertiary/aromatic N) is 4. The molecule has 0 spiro atoms. The molecular formula is C16H17N5O2S. The van der Waals surface area contributed by atoms with Crippen LogP contribution in [0.5, 0.6) is 0 Å². The lowest BCUT2D eigenvalue weighted by molar-refractivity contribution is -0.113. The first-order valence-electron chi connectivity index (χ1n) is 7.41. The summed E-state index contributed by atoms with van der Waals surface area (Å²) in [5.74, 6) is 1.20. The molecule has 0 aliphatic heterocycles. The van der Waals surface area contributed by atoms with Gasteiger partial charge in [-0.1, -0.05) is 47.3 Å². The Hall–Kier alpha value is -2.61. The summed E-state index contributed by atoms with van der Waals surface area (Å²) in [6, 6.07) is 11.7. The van der Waals surface area contributed by atoms with E-state index in [0.29, 0.717) is 17.6 Å². The molecule has 0 saturated heterocycles. The number of hydrogen-bond donors (Lipinski definition) is 1. The van der Waals surface area contributed by atoms with Gasteiger partial charge in [0.2, 0.25) is 11.8 Å². The van der Waals surface area contributed by atoms with Gasteiger partial charge in [-0.15, -0.1) is 10.2 Å². The van der Waals surface area contributed by atoms with Crippen molar-refractivity contribution in [1.82, 2.24) is 19.9 Å². The van der Waals surface area contributed by atoms with Crippen molar-refractivity contribution in [3.05, 3.63) is 53.5 Å². The predicted octanol–water partition coefficient (Wildman–Crippen LogP) is 2.66. The molecule has 2 aromatic heterocycles. The van der Waals surface area contributed by atoms with Crippen LogP contribution in [0.4, 0.5) is 5.88 Å². The smallest absolute Gasteiger partial charge is 0.237 e. The second-order valence-corrected chi connectivity index (χ2v) is 6.21. The number of carbonyl (C=O) groups excluding carboxylic acids is 1. The van der Waals surface area contributed by atoms with Crippen molar-refractivity contribution in [1.29, 1.82) is 0 Å². The first kappa shape index (κ1) is 16.3. The third-order valence-electron chi connectivity index (χ3n) is 3.31. The average Bonchev–Trinajstić information content (AvgIpc) is 3.13. The van der Waals surface area contributed by atoms with Gasteiger partial charge in [-0.25, -0.2) is 0 Å². The topological polar surface area (TPSA) is 85.8 Å². The summed E-state index contributed by atoms with van der Waals surface area (Å²) in [4.78, 5) is 12.0. The minimum atomic E-state index is -0.178. The van der Waals surface area contributed by atoms with Crippen LogP contribution in [-0.4, -0.2) is 31.6 Å². The molecule has 24 heavy (non-hydrogen) atoms. The van der Waals surface area contributed by atoms with Crippen molar-refractivity contribution >= 4 is 23.6 Å². The Morgan fingerprint density at radius 2 is 2.04 bits per heavy atom. The third-order valence-corrected chi connectivity index (χ3v) is 4.28. The zero-order valence-corrected chi connectivity index (χ0v) is 14.2. The van der Waals surface area contributed by atoms with E-state index < -0.39 is 0 Å². The number of rotatable bonds is 6. The van der Waals surface area contributed by atoms with Gasteiger partial charge in [-0.3, -0.25) is 10.1 Å². The SMILES string of the molecule is Cc1cc(NC(=O)CSc2nnc(C)n2Cc2ccccc2)on1. The Balaban J connectivity index is 1.62. The van der Waals surface area contributed by atoms with Gasteiger partial charge in [0.25, 0.3) is 0 Å². The van der Waals surface area contributed by atoms with Crippen LogP contribution in [0.25, 0.3) is 0 Å². The summed E-state index contributed by atoms with van der Waals surface area (Å²) >= 11 is 1.34. The highest BCUT2D eigenvalue weighted by atomic mass is 32.2. The predicted molar refractivity (Wildman–Crippen MR) is 90.9 cm³/mol. The molecule has 7 nitrogen and oxygen atoms in total. The van der Waals surface area contributed by atoms with Gasteiger partial charge in [-0.2, -0.15) is 0 Å². The lowest BCUT2D eigenvalue weighted by atomic mass is 10.2. The highest BCUT2D eigenvalue weighted by Crippen LogP contribution is 2.19. The number of thioether (sulfide) groups is 1. The van der Waals surface area contributed by atoms with E-state index in [1.807, 2.05) is 41.8 Å². The lowest BCUT2D eigenvalue weighted by Gasteiger charge is -2.08. The Bertz CT molecular complexity index is 828. The van der Waals surface area contributed by atoms with E-state index >= 15 is 0 Å². The normalized spacial score (nSPS) is 10.8. The summed E-state index contributed by atoms with van der Waals surface area (Å²) < 4.78 is 6.96. The van der Waals surface area contributed by atoms with Gasteiger partial charge in [0, 0.05) is 6.07 Å². The van der Waals surface area contributed by atoms with E-state index in [1.54, 1.807) is 13.0 Å². The molecule has 124 valence electrons. The molecule has 0 aliphatic carbocycles. The largest absolute Gasteiger partial charge is 0.338 e. The van der Waals surface area contributed by atoms with Crippen molar-refractivity contribution in [3.63, 3.8) is 0 Å². The molecule has 1 N–H and O–H groups in total. The molecule has 1 amide bonds. The molecule has 0 fully saturated rings. The maximum atomic E-state index is 12.0. The van der Waals surface area contributed by atoms with Gasteiger partial charge in [0.05, 0.1) is 18.0 Å². The van der Waals surface area contributed by atoms with Crippen LogP contribution in [0.1, 0.15) is 17.1 Å². The quantitative estimate of drug-likeness (QED) is 0.693. The summed E-state index contributed by atoms with van der Waals surface area (Å²) in [6.07, 6.45) is 0. The molecule has 2 heterocycles. The number of benzene rings is 1. The van der Waals surface area contributed by atoms with E-state index in [-0.39, 0.29) is 11.7 Å². The van der Waals surface area contributed by atoms with Gasteiger partial charge in [0.1, 0.15) is 5.82 Å². The molecule has 1 aromatic carbocycles. The molecule has 3 aromatic rings. The highest BCUT2D eigenvalue weighted by Gasteiger charge is 2.13. The van der Waals surface area contributed by atoms with Gasteiger partial charge in [0.15, 0.2) is 5.16 Å². The summed E-state index contributed by atoms with van der Waals surface area (Å²) in [5.41, 5.74) is 1.88. The Kier molecular flexibility index (Phi) is 4.95. The molecule has 0 radical (unpaired) electrons. The van der Waals surface area contributed by atoms with E-state index in [9.17, 15) is 4.79 Å². The van der Waals surface area contributed by atoms with Gasteiger partial charge < -0.3 is 9.09 Å². The maximum absolute atomic E-state index is 12.0. The van der Waals surface area contributed by atoms with Crippen LogP contribution in [0, 0.1) is 13.8 Å². The lowest BCUT2D eigenvalue weighted by Crippen LogP contribution is -2.14. The van der Waals surface area contributed by atoms with E-state index in [2.05, 4.69) is 20.7 Å². The van der Waals surface area contributed by atoms with Crippen LogP contribution in [0.3, 0.4) is 0 Å².